The van der Waals surface area contributed by atoms with Crippen molar-refractivity contribution >= 4 is 35.6 Å². The van der Waals surface area contributed by atoms with E-state index >= 15 is 0 Å². The zero-order valence-electron chi connectivity index (χ0n) is 24.5. The second kappa shape index (κ2) is 21.3. The van der Waals surface area contributed by atoms with Crippen molar-refractivity contribution in [2.45, 2.75) is 102 Å². The highest BCUT2D eigenvalue weighted by atomic mass is 32.2. The van der Waals surface area contributed by atoms with Crippen molar-refractivity contribution in [2.24, 2.45) is 11.7 Å². The third-order valence-electron chi connectivity index (χ3n) is 6.02. The zero-order valence-corrected chi connectivity index (χ0v) is 25.3. The van der Waals surface area contributed by atoms with E-state index in [1.165, 1.54) is 19.0 Å². The molecule has 1 aliphatic carbocycles. The van der Waals surface area contributed by atoms with Crippen molar-refractivity contribution in [3.63, 3.8) is 0 Å². The predicted octanol–water partition coefficient (Wildman–Crippen LogP) is 3.24. The lowest BCUT2D eigenvalue weighted by atomic mass is 10.1. The maximum Gasteiger partial charge on any atom is 0.252 e. The number of carbonyl (C=O) groups excluding carboxylic acids is 4. The average molecular weight is 566 g/mol. The largest absolute Gasteiger partial charge is 0.343 e. The number of amides is 4. The molecule has 1 unspecified atom stereocenters. The number of hydrogen-bond donors (Lipinski definition) is 3. The van der Waals surface area contributed by atoms with Crippen LogP contribution in [0.4, 0.5) is 0 Å². The van der Waals surface area contributed by atoms with Crippen molar-refractivity contribution in [3.8, 4) is 12.8 Å². The van der Waals surface area contributed by atoms with E-state index in [-0.39, 0.29) is 36.5 Å². The summed E-state index contributed by atoms with van der Waals surface area (Å²) in [6.45, 7) is 12.2. The van der Waals surface area contributed by atoms with Crippen LogP contribution in [0.1, 0.15) is 85.0 Å². The Morgan fingerprint density at radius 3 is 2.05 bits per heavy atom. The van der Waals surface area contributed by atoms with Crippen LogP contribution >= 0.6 is 11.9 Å². The molecular formula is C29H51N5O4S. The first-order chi connectivity index (χ1) is 18.7. The lowest BCUT2D eigenvalue weighted by molar-refractivity contribution is -0.141. The van der Waals surface area contributed by atoms with E-state index in [4.69, 9.17) is 0 Å². The SMILES string of the molecule is C#C.C=CCC(NC(=O)[C@@H]1CCCN1C(=O)CCC(=O)N1CCCCC1)C(=O)NSC1CC1.CC(C)C.CN. The number of nitrogens with one attached hydrogen (secondary N) is 2. The zero-order chi connectivity index (χ0) is 29.8. The molecule has 4 amide bonds. The number of nitrogens with zero attached hydrogens (tertiary/aromatic N) is 2. The van der Waals surface area contributed by atoms with Crippen LogP contribution in [-0.2, 0) is 19.2 Å². The minimum Gasteiger partial charge on any atom is -0.343 e. The van der Waals surface area contributed by atoms with Gasteiger partial charge in [0, 0.05) is 37.7 Å². The first-order valence-corrected chi connectivity index (χ1v) is 15.0. The molecule has 0 aromatic rings. The number of piperidine rings is 1. The van der Waals surface area contributed by atoms with Gasteiger partial charge in [0.2, 0.25) is 17.7 Å². The standard InChI is InChI=1S/C22H34N4O4S.C4H10.C2H2.CH5N/c1-2-7-17(21(29)24-31-16-9-10-16)23-22(30)18-8-6-15-26(18)20(28)12-11-19(27)25-13-4-3-5-14-25;1-4(2)3;2*1-2/h2,16-18H,1,3-15H2,(H,23,30)(H,24,29);4H,1-3H3;1-2H;2H2,1H3/t17?,18-;;;/m0.../s1. The van der Waals surface area contributed by atoms with Gasteiger partial charge in [-0.2, -0.15) is 0 Å². The number of terminal acetylenes is 1. The molecule has 2 heterocycles. The van der Waals surface area contributed by atoms with Gasteiger partial charge in [0.15, 0.2) is 0 Å². The van der Waals surface area contributed by atoms with Gasteiger partial charge in [-0.15, -0.1) is 19.4 Å². The Bertz CT molecular complexity index is 776. The normalized spacial score (nSPS) is 18.6. The Balaban J connectivity index is 0.00000162. The predicted molar refractivity (Wildman–Crippen MR) is 160 cm³/mol. The molecule has 2 atom stereocenters. The lowest BCUT2D eigenvalue weighted by Gasteiger charge is -2.28. The number of nitrogens with two attached hydrogens (primary N) is 1. The molecule has 0 spiro atoms. The molecule has 0 radical (unpaired) electrons. The average Bonchev–Trinajstić information content (AvgIpc) is 3.65. The highest BCUT2D eigenvalue weighted by Crippen LogP contribution is 2.31. The van der Waals surface area contributed by atoms with Gasteiger partial charge >= 0.3 is 0 Å². The molecule has 2 saturated heterocycles. The van der Waals surface area contributed by atoms with Gasteiger partial charge in [0.25, 0.3) is 5.91 Å². The van der Waals surface area contributed by atoms with Gasteiger partial charge in [0.05, 0.1) is 0 Å². The minimum atomic E-state index is -0.700. The van der Waals surface area contributed by atoms with E-state index in [1.807, 2.05) is 4.90 Å². The Morgan fingerprint density at radius 2 is 1.51 bits per heavy atom. The molecular weight excluding hydrogens is 514 g/mol. The highest BCUT2D eigenvalue weighted by Gasteiger charge is 2.36. The molecule has 9 nitrogen and oxygen atoms in total. The maximum atomic E-state index is 12.9. The summed E-state index contributed by atoms with van der Waals surface area (Å²) in [4.78, 5) is 53.8. The van der Waals surface area contributed by atoms with Crippen LogP contribution in [0.15, 0.2) is 12.7 Å². The van der Waals surface area contributed by atoms with Crippen LogP contribution in [-0.4, -0.2) is 77.4 Å². The molecule has 3 rings (SSSR count). The number of hydrogen-bond acceptors (Lipinski definition) is 6. The number of likely N-dealkylation sites (tertiary alicyclic amines) is 2. The Labute approximate surface area is 240 Å². The second-order valence-electron chi connectivity index (χ2n) is 10.3. The summed E-state index contributed by atoms with van der Waals surface area (Å²) in [7, 11) is 1.50. The van der Waals surface area contributed by atoms with Gasteiger partial charge in [0.1, 0.15) is 12.1 Å². The van der Waals surface area contributed by atoms with Crippen LogP contribution in [0, 0.1) is 18.8 Å². The third-order valence-corrected chi connectivity index (χ3v) is 7.15. The smallest absolute Gasteiger partial charge is 0.252 e. The second-order valence-corrected chi connectivity index (χ2v) is 11.4. The first-order valence-electron chi connectivity index (χ1n) is 14.1. The van der Waals surface area contributed by atoms with Crippen LogP contribution < -0.4 is 15.8 Å². The summed E-state index contributed by atoms with van der Waals surface area (Å²) in [6, 6.07) is -1.29. The first kappa shape index (κ1) is 36.5. The summed E-state index contributed by atoms with van der Waals surface area (Å²) in [5.41, 5.74) is 4.50. The van der Waals surface area contributed by atoms with Crippen LogP contribution in [0.2, 0.25) is 0 Å². The van der Waals surface area contributed by atoms with Crippen molar-refractivity contribution < 1.29 is 19.2 Å². The topological polar surface area (TPSA) is 125 Å². The van der Waals surface area contributed by atoms with Crippen LogP contribution in [0.25, 0.3) is 0 Å². The van der Waals surface area contributed by atoms with Crippen molar-refractivity contribution in [1.82, 2.24) is 19.8 Å². The molecule has 3 fully saturated rings. The van der Waals surface area contributed by atoms with E-state index in [0.717, 1.165) is 57.5 Å². The molecule has 4 N–H and O–H groups in total. The Hall–Kier alpha value is -2.51. The quantitative estimate of drug-likeness (QED) is 0.212. The van der Waals surface area contributed by atoms with Crippen LogP contribution in [0.3, 0.4) is 0 Å². The summed E-state index contributed by atoms with van der Waals surface area (Å²) in [5, 5.41) is 3.27. The van der Waals surface area contributed by atoms with Gasteiger partial charge in [-0.05, 0) is 76.3 Å². The molecule has 0 aromatic heterocycles. The number of rotatable bonds is 10. The summed E-state index contributed by atoms with van der Waals surface area (Å²) in [5.74, 6) is 0.126. The molecule has 0 bridgehead atoms. The Kier molecular flexibility index (Phi) is 20.0. The monoisotopic (exact) mass is 565 g/mol. The third kappa shape index (κ3) is 15.0. The van der Waals surface area contributed by atoms with Gasteiger partial charge < -0.3 is 20.9 Å². The van der Waals surface area contributed by atoms with Crippen molar-refractivity contribution in [3.05, 3.63) is 12.7 Å². The molecule has 2 aliphatic heterocycles. The van der Waals surface area contributed by atoms with Crippen molar-refractivity contribution in [1.29, 1.82) is 0 Å². The fraction of sp³-hybridized carbons (Fsp3) is 0.724. The van der Waals surface area contributed by atoms with E-state index in [2.05, 4.69) is 56.0 Å². The molecule has 39 heavy (non-hydrogen) atoms. The molecule has 0 aromatic carbocycles. The van der Waals surface area contributed by atoms with E-state index in [1.54, 1.807) is 11.0 Å². The summed E-state index contributed by atoms with van der Waals surface area (Å²) in [6.07, 6.45) is 16.9. The van der Waals surface area contributed by atoms with E-state index in [9.17, 15) is 19.2 Å². The van der Waals surface area contributed by atoms with Crippen molar-refractivity contribution in [2.75, 3.05) is 26.7 Å². The van der Waals surface area contributed by atoms with Gasteiger partial charge in [-0.1, -0.05) is 26.8 Å². The molecule has 1 saturated carbocycles. The minimum absolute atomic E-state index is 0.0177. The number of carbonyl (C=O) groups is 4. The fourth-order valence-corrected chi connectivity index (χ4v) is 4.86. The summed E-state index contributed by atoms with van der Waals surface area (Å²) >= 11 is 1.40. The molecule has 222 valence electrons. The van der Waals surface area contributed by atoms with Crippen LogP contribution in [0.5, 0.6) is 0 Å². The lowest BCUT2D eigenvalue weighted by Crippen LogP contribution is -2.52. The van der Waals surface area contributed by atoms with E-state index in [0.29, 0.717) is 24.6 Å². The fourth-order valence-electron chi connectivity index (χ4n) is 4.06. The van der Waals surface area contributed by atoms with E-state index < -0.39 is 12.1 Å². The van der Waals surface area contributed by atoms with Gasteiger partial charge in [-0.3, -0.25) is 23.9 Å². The molecule has 3 aliphatic rings. The molecule has 10 heteroatoms. The maximum absolute atomic E-state index is 12.9. The Morgan fingerprint density at radius 1 is 0.949 bits per heavy atom. The summed E-state index contributed by atoms with van der Waals surface area (Å²) < 4.78 is 2.82. The highest BCUT2D eigenvalue weighted by molar-refractivity contribution is 7.98. The van der Waals surface area contributed by atoms with Gasteiger partial charge in [-0.25, -0.2) is 0 Å².